The van der Waals surface area contributed by atoms with Crippen LogP contribution in [-0.2, 0) is 6.54 Å². The van der Waals surface area contributed by atoms with E-state index in [4.69, 9.17) is 4.52 Å². The summed E-state index contributed by atoms with van der Waals surface area (Å²) in [6, 6.07) is 13.9. The molecule has 0 aliphatic carbocycles. The number of benzene rings is 2. The fourth-order valence-corrected chi connectivity index (χ4v) is 3.23. The van der Waals surface area contributed by atoms with Gasteiger partial charge < -0.3 is 14.7 Å². The lowest BCUT2D eigenvalue weighted by atomic mass is 10.1. The fraction of sp³-hybridized carbons (Fsp3) is 0.316. The molecule has 0 spiro atoms. The van der Waals surface area contributed by atoms with Crippen LogP contribution in [-0.4, -0.2) is 52.2 Å². The van der Waals surface area contributed by atoms with E-state index in [1.54, 1.807) is 0 Å². The fourth-order valence-electron chi connectivity index (χ4n) is 3.23. The molecule has 7 heteroatoms. The van der Waals surface area contributed by atoms with Crippen molar-refractivity contribution in [2.24, 2.45) is 0 Å². The number of aryl methyl sites for hydroxylation is 1. The highest BCUT2D eigenvalue weighted by Crippen LogP contribution is 2.23. The number of urea groups is 1. The van der Waals surface area contributed by atoms with Crippen LogP contribution < -0.4 is 5.32 Å². The normalized spacial score (nSPS) is 15.3. The molecule has 134 valence electrons. The molecule has 2 heterocycles. The predicted molar refractivity (Wildman–Crippen MR) is 98.9 cm³/mol. The van der Waals surface area contributed by atoms with Crippen molar-refractivity contribution in [3.8, 4) is 0 Å². The summed E-state index contributed by atoms with van der Waals surface area (Å²) in [5, 5.41) is 9.03. The van der Waals surface area contributed by atoms with E-state index in [0.29, 0.717) is 31.3 Å². The van der Waals surface area contributed by atoms with Gasteiger partial charge in [0.15, 0.2) is 5.82 Å². The summed E-state index contributed by atoms with van der Waals surface area (Å²) in [7, 11) is 0. The summed E-state index contributed by atoms with van der Waals surface area (Å²) >= 11 is 0. The second-order valence-corrected chi connectivity index (χ2v) is 6.46. The van der Waals surface area contributed by atoms with Gasteiger partial charge in [-0.05, 0) is 18.4 Å². The van der Waals surface area contributed by atoms with Gasteiger partial charge in [-0.3, -0.25) is 4.90 Å². The third kappa shape index (κ3) is 3.52. The van der Waals surface area contributed by atoms with Gasteiger partial charge in [0.2, 0.25) is 5.89 Å². The van der Waals surface area contributed by atoms with E-state index in [0.717, 1.165) is 29.5 Å². The van der Waals surface area contributed by atoms with Crippen molar-refractivity contribution in [3.63, 3.8) is 0 Å². The Morgan fingerprint density at radius 2 is 1.88 bits per heavy atom. The molecular weight excluding hydrogens is 330 g/mol. The average Bonchev–Trinajstić information content (AvgIpc) is 3.07. The second-order valence-electron chi connectivity index (χ2n) is 6.46. The smallest absolute Gasteiger partial charge is 0.321 e. The molecule has 0 unspecified atom stereocenters. The van der Waals surface area contributed by atoms with Crippen LogP contribution in [0.25, 0.3) is 10.8 Å². The second kappa shape index (κ2) is 7.13. The highest BCUT2D eigenvalue weighted by molar-refractivity contribution is 6.01. The largest absolute Gasteiger partial charge is 0.338 e. The quantitative estimate of drug-likeness (QED) is 0.785. The number of amides is 2. The number of hydrogen-bond donors (Lipinski definition) is 1. The van der Waals surface area contributed by atoms with Gasteiger partial charge in [0, 0.05) is 31.6 Å². The molecule has 1 saturated heterocycles. The van der Waals surface area contributed by atoms with Gasteiger partial charge >= 0.3 is 6.03 Å². The molecule has 0 bridgehead atoms. The number of anilines is 1. The van der Waals surface area contributed by atoms with E-state index in [-0.39, 0.29) is 6.03 Å². The topological polar surface area (TPSA) is 74.5 Å². The third-order valence-corrected chi connectivity index (χ3v) is 4.62. The molecule has 1 aliphatic heterocycles. The molecular formula is C19H21N5O2. The highest BCUT2D eigenvalue weighted by atomic mass is 16.5. The first-order chi connectivity index (χ1) is 12.7. The first-order valence-corrected chi connectivity index (χ1v) is 8.74. The summed E-state index contributed by atoms with van der Waals surface area (Å²) in [4.78, 5) is 20.9. The minimum Gasteiger partial charge on any atom is -0.338 e. The van der Waals surface area contributed by atoms with Gasteiger partial charge in [0.05, 0.1) is 12.2 Å². The lowest BCUT2D eigenvalue weighted by Crippen LogP contribution is -2.49. The van der Waals surface area contributed by atoms with Crippen LogP contribution >= 0.6 is 0 Å². The lowest BCUT2D eigenvalue weighted by molar-refractivity contribution is 0.133. The standard InChI is InChI=1S/C19H21N5O2/c1-14-20-18(26-22-14)13-23-9-11-24(12-10-23)19(25)21-17-8-4-6-15-5-2-3-7-16(15)17/h2-8H,9-13H2,1H3,(H,21,25). The Bertz CT molecular complexity index is 910. The molecule has 3 aromatic rings. The number of piperazine rings is 1. The Kier molecular flexibility index (Phi) is 4.53. The van der Waals surface area contributed by atoms with Gasteiger partial charge in [-0.2, -0.15) is 4.98 Å². The zero-order valence-corrected chi connectivity index (χ0v) is 14.7. The Hall–Kier alpha value is -2.93. The van der Waals surface area contributed by atoms with Crippen molar-refractivity contribution in [1.29, 1.82) is 0 Å². The number of aromatic nitrogens is 2. The van der Waals surface area contributed by atoms with Crippen LogP contribution in [0.3, 0.4) is 0 Å². The highest BCUT2D eigenvalue weighted by Gasteiger charge is 2.22. The van der Waals surface area contributed by atoms with Crippen molar-refractivity contribution in [1.82, 2.24) is 19.9 Å². The Morgan fingerprint density at radius 1 is 1.12 bits per heavy atom. The first-order valence-electron chi connectivity index (χ1n) is 8.74. The van der Waals surface area contributed by atoms with Gasteiger partial charge in [-0.15, -0.1) is 0 Å². The molecule has 2 aromatic carbocycles. The monoisotopic (exact) mass is 351 g/mol. The molecule has 1 aliphatic rings. The number of fused-ring (bicyclic) bond motifs is 1. The summed E-state index contributed by atoms with van der Waals surface area (Å²) < 4.78 is 5.17. The van der Waals surface area contributed by atoms with E-state index in [9.17, 15) is 4.79 Å². The van der Waals surface area contributed by atoms with Crippen LogP contribution in [0.2, 0.25) is 0 Å². The number of rotatable bonds is 3. The Labute approximate surface area is 151 Å². The minimum atomic E-state index is -0.0605. The number of nitrogens with one attached hydrogen (secondary N) is 1. The first kappa shape index (κ1) is 16.5. The maximum atomic E-state index is 12.6. The van der Waals surface area contributed by atoms with Crippen LogP contribution in [0.1, 0.15) is 11.7 Å². The van der Waals surface area contributed by atoms with E-state index >= 15 is 0 Å². The van der Waals surface area contributed by atoms with Crippen LogP contribution in [0.4, 0.5) is 10.5 Å². The third-order valence-electron chi connectivity index (χ3n) is 4.62. The summed E-state index contributed by atoms with van der Waals surface area (Å²) in [6.45, 7) is 5.34. The number of nitrogens with zero attached hydrogens (tertiary/aromatic N) is 4. The number of carbonyl (C=O) groups is 1. The Balaban J connectivity index is 1.36. The maximum Gasteiger partial charge on any atom is 0.321 e. The van der Waals surface area contributed by atoms with Crippen LogP contribution in [0.15, 0.2) is 47.0 Å². The van der Waals surface area contributed by atoms with Crippen molar-refractivity contribution in [3.05, 3.63) is 54.2 Å². The molecule has 4 rings (SSSR count). The molecule has 0 saturated carbocycles. The minimum absolute atomic E-state index is 0.0605. The van der Waals surface area contributed by atoms with Crippen LogP contribution in [0.5, 0.6) is 0 Å². The summed E-state index contributed by atoms with van der Waals surface area (Å²) in [5.74, 6) is 1.27. The van der Waals surface area contributed by atoms with Gasteiger partial charge in [-0.1, -0.05) is 41.6 Å². The summed E-state index contributed by atoms with van der Waals surface area (Å²) in [6.07, 6.45) is 0. The van der Waals surface area contributed by atoms with Crippen molar-refractivity contribution in [2.75, 3.05) is 31.5 Å². The van der Waals surface area contributed by atoms with Gasteiger partial charge in [0.1, 0.15) is 0 Å². The number of hydrogen-bond acceptors (Lipinski definition) is 5. The van der Waals surface area contributed by atoms with E-state index in [1.807, 2.05) is 54.3 Å². The zero-order chi connectivity index (χ0) is 17.9. The lowest BCUT2D eigenvalue weighted by Gasteiger charge is -2.34. The molecule has 2 amide bonds. The molecule has 7 nitrogen and oxygen atoms in total. The molecule has 0 radical (unpaired) electrons. The van der Waals surface area contributed by atoms with Crippen LogP contribution in [0, 0.1) is 6.92 Å². The van der Waals surface area contributed by atoms with Gasteiger partial charge in [0.25, 0.3) is 0 Å². The van der Waals surface area contributed by atoms with Crippen molar-refractivity contribution in [2.45, 2.75) is 13.5 Å². The van der Waals surface area contributed by atoms with E-state index in [1.165, 1.54) is 0 Å². The predicted octanol–water partition coefficient (Wildman–Crippen LogP) is 2.88. The van der Waals surface area contributed by atoms with Gasteiger partial charge in [-0.25, -0.2) is 4.79 Å². The van der Waals surface area contributed by atoms with Crippen molar-refractivity contribution < 1.29 is 9.32 Å². The molecule has 26 heavy (non-hydrogen) atoms. The van der Waals surface area contributed by atoms with Crippen molar-refractivity contribution >= 4 is 22.5 Å². The molecule has 0 atom stereocenters. The van der Waals surface area contributed by atoms with E-state index in [2.05, 4.69) is 20.4 Å². The maximum absolute atomic E-state index is 12.6. The SMILES string of the molecule is Cc1noc(CN2CCN(C(=O)Nc3cccc4ccccc34)CC2)n1. The zero-order valence-electron chi connectivity index (χ0n) is 14.7. The number of carbonyl (C=O) groups excluding carboxylic acids is 1. The molecule has 1 aromatic heterocycles. The van der Waals surface area contributed by atoms with E-state index < -0.39 is 0 Å². The average molecular weight is 351 g/mol. The summed E-state index contributed by atoms with van der Waals surface area (Å²) in [5.41, 5.74) is 0.844. The molecule has 1 N–H and O–H groups in total. The molecule has 1 fully saturated rings. The Morgan fingerprint density at radius 3 is 2.65 bits per heavy atom.